The van der Waals surface area contributed by atoms with Crippen molar-refractivity contribution in [3.8, 4) is 11.4 Å². The molecule has 1 saturated carbocycles. The highest BCUT2D eigenvalue weighted by atomic mass is 35.5. The molecule has 5 heteroatoms. The van der Waals surface area contributed by atoms with E-state index in [1.54, 1.807) is 6.07 Å². The lowest BCUT2D eigenvalue weighted by molar-refractivity contribution is 0.148. The van der Waals surface area contributed by atoms with Gasteiger partial charge in [-0.25, -0.2) is 0 Å². The van der Waals surface area contributed by atoms with Gasteiger partial charge < -0.3 is 9.63 Å². The molecule has 1 fully saturated rings. The van der Waals surface area contributed by atoms with Crippen LogP contribution in [0.25, 0.3) is 11.4 Å². The molecule has 0 amide bonds. The summed E-state index contributed by atoms with van der Waals surface area (Å²) in [6.07, 6.45) is 2.32. The number of nitrogens with zero attached hydrogens (tertiary/aromatic N) is 2. The maximum absolute atomic E-state index is 9.82. The standard InChI is InChI=1S/C13H13ClN2O2/c14-10-6-2-1-4-8(10)12-15-13(18-16-12)9-5-3-7-11(9)17/h1-2,4,6,9,11,17H,3,5,7H2. The first-order valence-corrected chi connectivity index (χ1v) is 6.40. The molecule has 1 aliphatic rings. The first kappa shape index (κ1) is 11.7. The molecule has 1 aliphatic carbocycles. The van der Waals surface area contributed by atoms with Gasteiger partial charge in [-0.1, -0.05) is 28.9 Å². The van der Waals surface area contributed by atoms with E-state index in [0.717, 1.165) is 24.8 Å². The fourth-order valence-corrected chi connectivity index (χ4v) is 2.59. The van der Waals surface area contributed by atoms with Crippen LogP contribution in [0.1, 0.15) is 31.1 Å². The molecule has 2 aromatic rings. The Morgan fingerprint density at radius 1 is 1.28 bits per heavy atom. The van der Waals surface area contributed by atoms with Crippen molar-refractivity contribution in [1.29, 1.82) is 0 Å². The Balaban J connectivity index is 1.92. The summed E-state index contributed by atoms with van der Waals surface area (Å²) in [4.78, 5) is 4.35. The minimum atomic E-state index is -0.371. The molecule has 94 valence electrons. The van der Waals surface area contributed by atoms with E-state index in [-0.39, 0.29) is 12.0 Å². The van der Waals surface area contributed by atoms with E-state index in [1.807, 2.05) is 18.2 Å². The van der Waals surface area contributed by atoms with E-state index < -0.39 is 0 Å². The maximum Gasteiger partial charge on any atom is 0.232 e. The highest BCUT2D eigenvalue weighted by molar-refractivity contribution is 6.33. The molecular weight excluding hydrogens is 252 g/mol. The monoisotopic (exact) mass is 264 g/mol. The molecule has 1 aromatic carbocycles. The van der Waals surface area contributed by atoms with Crippen LogP contribution in [0.15, 0.2) is 28.8 Å². The van der Waals surface area contributed by atoms with Crippen LogP contribution in [0.2, 0.25) is 5.02 Å². The van der Waals surface area contributed by atoms with E-state index >= 15 is 0 Å². The minimum Gasteiger partial charge on any atom is -0.392 e. The van der Waals surface area contributed by atoms with E-state index in [1.165, 1.54) is 0 Å². The van der Waals surface area contributed by atoms with Gasteiger partial charge in [-0.05, 0) is 31.4 Å². The van der Waals surface area contributed by atoms with Crippen LogP contribution < -0.4 is 0 Å². The van der Waals surface area contributed by atoms with Crippen LogP contribution >= 0.6 is 11.6 Å². The number of aliphatic hydroxyl groups excluding tert-OH is 1. The fraction of sp³-hybridized carbons (Fsp3) is 0.385. The lowest BCUT2D eigenvalue weighted by atomic mass is 10.1. The summed E-state index contributed by atoms with van der Waals surface area (Å²) in [7, 11) is 0. The summed E-state index contributed by atoms with van der Waals surface area (Å²) in [5.41, 5.74) is 0.752. The SMILES string of the molecule is OC1CCCC1c1nc(-c2ccccc2Cl)no1. The number of hydrogen-bond donors (Lipinski definition) is 1. The third-order valence-electron chi connectivity index (χ3n) is 3.35. The summed E-state index contributed by atoms with van der Waals surface area (Å²) in [6, 6.07) is 7.37. The van der Waals surface area contributed by atoms with Gasteiger partial charge in [0.1, 0.15) is 0 Å². The van der Waals surface area contributed by atoms with E-state index in [9.17, 15) is 5.11 Å². The van der Waals surface area contributed by atoms with Gasteiger partial charge in [0.25, 0.3) is 0 Å². The number of benzene rings is 1. The third kappa shape index (κ3) is 2.02. The molecule has 0 radical (unpaired) electrons. The predicted molar refractivity (Wildman–Crippen MR) is 67.3 cm³/mol. The molecule has 1 N–H and O–H groups in total. The zero-order valence-corrected chi connectivity index (χ0v) is 10.5. The average Bonchev–Trinajstić information content (AvgIpc) is 2.98. The topological polar surface area (TPSA) is 59.2 Å². The normalized spacial score (nSPS) is 23.4. The number of hydrogen-bond acceptors (Lipinski definition) is 4. The number of aliphatic hydroxyl groups is 1. The van der Waals surface area contributed by atoms with Crippen molar-refractivity contribution in [3.05, 3.63) is 35.2 Å². The fourth-order valence-electron chi connectivity index (χ4n) is 2.37. The number of aromatic nitrogens is 2. The molecule has 0 bridgehead atoms. The Labute approximate surface area is 110 Å². The smallest absolute Gasteiger partial charge is 0.232 e. The molecule has 1 heterocycles. The molecule has 0 aliphatic heterocycles. The number of rotatable bonds is 2. The van der Waals surface area contributed by atoms with Crippen molar-refractivity contribution in [3.63, 3.8) is 0 Å². The molecule has 0 spiro atoms. The summed E-state index contributed by atoms with van der Waals surface area (Å²) in [5, 5.41) is 14.4. The van der Waals surface area contributed by atoms with Crippen LogP contribution in [0.3, 0.4) is 0 Å². The number of halogens is 1. The van der Waals surface area contributed by atoms with Crippen LogP contribution in [0.5, 0.6) is 0 Å². The Hall–Kier alpha value is -1.39. The van der Waals surface area contributed by atoms with Crippen LogP contribution in [-0.2, 0) is 0 Å². The second-order valence-corrected chi connectivity index (χ2v) is 4.95. The van der Waals surface area contributed by atoms with Gasteiger partial charge in [-0.3, -0.25) is 0 Å². The largest absolute Gasteiger partial charge is 0.392 e. The predicted octanol–water partition coefficient (Wildman–Crippen LogP) is 3.02. The highest BCUT2D eigenvalue weighted by Crippen LogP contribution is 2.35. The maximum atomic E-state index is 9.82. The summed E-state index contributed by atoms with van der Waals surface area (Å²) >= 11 is 6.09. The quantitative estimate of drug-likeness (QED) is 0.906. The first-order chi connectivity index (χ1) is 8.75. The summed E-state index contributed by atoms with van der Waals surface area (Å²) in [6.45, 7) is 0. The van der Waals surface area contributed by atoms with Crippen molar-refractivity contribution in [2.75, 3.05) is 0 Å². The first-order valence-electron chi connectivity index (χ1n) is 6.02. The molecular formula is C13H13ClN2O2. The van der Waals surface area contributed by atoms with Crippen molar-refractivity contribution in [2.45, 2.75) is 31.3 Å². The van der Waals surface area contributed by atoms with Gasteiger partial charge in [0, 0.05) is 5.56 Å². The Morgan fingerprint density at radius 3 is 2.83 bits per heavy atom. The molecule has 3 rings (SSSR count). The minimum absolute atomic E-state index is 0.0336. The van der Waals surface area contributed by atoms with Gasteiger partial charge >= 0.3 is 0 Å². The Bertz CT molecular complexity index is 555. The summed E-state index contributed by atoms with van der Waals surface area (Å²) in [5.74, 6) is 0.957. The Morgan fingerprint density at radius 2 is 2.11 bits per heavy atom. The van der Waals surface area contributed by atoms with Gasteiger partial charge in [0.2, 0.25) is 11.7 Å². The van der Waals surface area contributed by atoms with E-state index in [2.05, 4.69) is 10.1 Å². The zero-order valence-electron chi connectivity index (χ0n) is 9.71. The van der Waals surface area contributed by atoms with Gasteiger partial charge in [0.15, 0.2) is 0 Å². The molecule has 2 unspecified atom stereocenters. The van der Waals surface area contributed by atoms with Crippen LogP contribution in [0, 0.1) is 0 Å². The van der Waals surface area contributed by atoms with Crippen molar-refractivity contribution in [1.82, 2.24) is 10.1 Å². The van der Waals surface area contributed by atoms with E-state index in [0.29, 0.717) is 16.7 Å². The second kappa shape index (κ2) is 4.71. The zero-order chi connectivity index (χ0) is 12.5. The van der Waals surface area contributed by atoms with E-state index in [4.69, 9.17) is 16.1 Å². The van der Waals surface area contributed by atoms with Crippen molar-refractivity contribution < 1.29 is 9.63 Å². The molecule has 18 heavy (non-hydrogen) atoms. The summed E-state index contributed by atoms with van der Waals surface area (Å²) < 4.78 is 5.25. The van der Waals surface area contributed by atoms with Crippen molar-refractivity contribution >= 4 is 11.6 Å². The van der Waals surface area contributed by atoms with Crippen molar-refractivity contribution in [2.24, 2.45) is 0 Å². The third-order valence-corrected chi connectivity index (χ3v) is 3.68. The second-order valence-electron chi connectivity index (χ2n) is 4.54. The molecule has 1 aromatic heterocycles. The lowest BCUT2D eigenvalue weighted by Gasteiger charge is -2.07. The van der Waals surface area contributed by atoms with Gasteiger partial charge in [0.05, 0.1) is 17.0 Å². The molecule has 0 saturated heterocycles. The molecule has 4 nitrogen and oxygen atoms in total. The Kier molecular flexibility index (Phi) is 3.06. The van der Waals surface area contributed by atoms with Gasteiger partial charge in [-0.15, -0.1) is 0 Å². The lowest BCUT2D eigenvalue weighted by Crippen LogP contribution is -2.11. The van der Waals surface area contributed by atoms with Gasteiger partial charge in [-0.2, -0.15) is 4.98 Å². The highest BCUT2D eigenvalue weighted by Gasteiger charge is 2.31. The average molecular weight is 265 g/mol. The van der Waals surface area contributed by atoms with Crippen LogP contribution in [0.4, 0.5) is 0 Å². The molecule has 2 atom stereocenters. The van der Waals surface area contributed by atoms with Crippen LogP contribution in [-0.4, -0.2) is 21.4 Å².